The van der Waals surface area contributed by atoms with E-state index < -0.39 is 5.60 Å². The van der Waals surface area contributed by atoms with E-state index in [1.54, 1.807) is 4.90 Å². The third kappa shape index (κ3) is 4.79. The maximum absolute atomic E-state index is 12.4. The third-order valence-corrected chi connectivity index (χ3v) is 4.96. The number of hydrogen-bond acceptors (Lipinski definition) is 4. The van der Waals surface area contributed by atoms with Crippen molar-refractivity contribution in [2.45, 2.75) is 37.9 Å². The van der Waals surface area contributed by atoms with Gasteiger partial charge in [-0.05, 0) is 44.3 Å². The van der Waals surface area contributed by atoms with Crippen LogP contribution in [0.1, 0.15) is 31.2 Å². The van der Waals surface area contributed by atoms with E-state index in [2.05, 4.69) is 4.90 Å². The number of carbonyl (C=O) groups excluding carboxylic acids is 1. The van der Waals surface area contributed by atoms with Gasteiger partial charge in [0.25, 0.3) is 0 Å². The molecule has 0 bridgehead atoms. The minimum atomic E-state index is -0.766. The first-order valence-electron chi connectivity index (χ1n) is 8.99. The minimum absolute atomic E-state index is 0.0227. The van der Waals surface area contributed by atoms with E-state index in [9.17, 15) is 9.90 Å². The first-order valence-corrected chi connectivity index (χ1v) is 8.99. The number of piperidine rings is 1. The average molecular weight is 332 g/mol. The Morgan fingerprint density at radius 2 is 1.88 bits per heavy atom. The topological polar surface area (TPSA) is 53.0 Å². The van der Waals surface area contributed by atoms with Crippen LogP contribution in [0.25, 0.3) is 0 Å². The number of carbonyl (C=O) groups is 1. The Balaban J connectivity index is 1.45. The van der Waals surface area contributed by atoms with E-state index >= 15 is 0 Å². The van der Waals surface area contributed by atoms with Gasteiger partial charge >= 0.3 is 0 Å². The van der Waals surface area contributed by atoms with Crippen molar-refractivity contribution in [2.75, 3.05) is 39.3 Å². The van der Waals surface area contributed by atoms with Crippen molar-refractivity contribution in [1.29, 1.82) is 0 Å². The number of likely N-dealkylation sites (tertiary alicyclic amines) is 2. The zero-order chi connectivity index (χ0) is 16.8. The Morgan fingerprint density at radius 1 is 1.12 bits per heavy atom. The van der Waals surface area contributed by atoms with Gasteiger partial charge < -0.3 is 19.6 Å². The molecule has 2 aliphatic rings. The van der Waals surface area contributed by atoms with Crippen LogP contribution in [0, 0.1) is 0 Å². The van der Waals surface area contributed by atoms with Crippen LogP contribution in [0.15, 0.2) is 30.3 Å². The molecule has 2 saturated heterocycles. The summed E-state index contributed by atoms with van der Waals surface area (Å²) in [5, 5.41) is 10.9. The standard InChI is InChI=1S/C19H28N2O3/c22-18(14-24-13-17-7-2-1-3-8-17)21-12-6-9-19(23,16-21)15-20-10-4-5-11-20/h1-3,7-8,23H,4-6,9-16H2/t19-/m0/s1. The summed E-state index contributed by atoms with van der Waals surface area (Å²) in [6, 6.07) is 9.86. The zero-order valence-corrected chi connectivity index (χ0v) is 14.3. The molecule has 0 saturated carbocycles. The highest BCUT2D eigenvalue weighted by Crippen LogP contribution is 2.24. The van der Waals surface area contributed by atoms with Crippen LogP contribution in [0.2, 0.25) is 0 Å². The summed E-state index contributed by atoms with van der Waals surface area (Å²) >= 11 is 0. The number of ether oxygens (including phenoxy) is 1. The number of β-amino-alcohol motifs (C(OH)–C–C–N with tert-alkyl or cyclic N) is 1. The van der Waals surface area contributed by atoms with E-state index in [0.29, 0.717) is 19.7 Å². The van der Waals surface area contributed by atoms with Crippen molar-refractivity contribution in [2.24, 2.45) is 0 Å². The van der Waals surface area contributed by atoms with Gasteiger partial charge in [-0.3, -0.25) is 4.79 Å². The fraction of sp³-hybridized carbons (Fsp3) is 0.632. The predicted molar refractivity (Wildman–Crippen MR) is 92.5 cm³/mol. The summed E-state index contributed by atoms with van der Waals surface area (Å²) in [7, 11) is 0. The number of benzene rings is 1. The van der Waals surface area contributed by atoms with Crippen molar-refractivity contribution in [3.05, 3.63) is 35.9 Å². The molecule has 24 heavy (non-hydrogen) atoms. The van der Waals surface area contributed by atoms with Gasteiger partial charge in [0.05, 0.1) is 18.8 Å². The molecule has 1 aromatic rings. The lowest BCUT2D eigenvalue weighted by molar-refractivity contribution is -0.144. The van der Waals surface area contributed by atoms with Gasteiger partial charge in [0.15, 0.2) is 0 Å². The molecule has 5 heteroatoms. The largest absolute Gasteiger partial charge is 0.387 e. The molecule has 0 radical (unpaired) electrons. The monoisotopic (exact) mass is 332 g/mol. The second-order valence-corrected chi connectivity index (χ2v) is 7.10. The smallest absolute Gasteiger partial charge is 0.248 e. The highest BCUT2D eigenvalue weighted by Gasteiger charge is 2.37. The summed E-state index contributed by atoms with van der Waals surface area (Å²) in [5.41, 5.74) is 0.298. The number of nitrogens with zero attached hydrogens (tertiary/aromatic N) is 2. The van der Waals surface area contributed by atoms with Crippen molar-refractivity contribution in [3.8, 4) is 0 Å². The summed E-state index contributed by atoms with van der Waals surface area (Å²) < 4.78 is 5.55. The molecule has 2 heterocycles. The fourth-order valence-corrected chi connectivity index (χ4v) is 3.73. The van der Waals surface area contributed by atoms with Gasteiger partial charge in [0.2, 0.25) is 5.91 Å². The minimum Gasteiger partial charge on any atom is -0.387 e. The summed E-state index contributed by atoms with van der Waals surface area (Å²) in [6.45, 7) is 4.48. The molecule has 1 aromatic carbocycles. The van der Waals surface area contributed by atoms with Crippen LogP contribution in [0.4, 0.5) is 0 Å². The molecule has 0 spiro atoms. The van der Waals surface area contributed by atoms with E-state index in [-0.39, 0.29) is 12.5 Å². The Bertz CT molecular complexity index is 531. The van der Waals surface area contributed by atoms with Gasteiger partial charge in [0.1, 0.15) is 6.61 Å². The van der Waals surface area contributed by atoms with Crippen LogP contribution in [0.3, 0.4) is 0 Å². The molecule has 0 aromatic heterocycles. The lowest BCUT2D eigenvalue weighted by Crippen LogP contribution is -2.55. The van der Waals surface area contributed by atoms with Crippen LogP contribution in [0.5, 0.6) is 0 Å². The highest BCUT2D eigenvalue weighted by atomic mass is 16.5. The molecule has 1 amide bonds. The van der Waals surface area contributed by atoms with Crippen molar-refractivity contribution in [3.63, 3.8) is 0 Å². The van der Waals surface area contributed by atoms with E-state index in [1.165, 1.54) is 12.8 Å². The maximum Gasteiger partial charge on any atom is 0.248 e. The number of hydrogen-bond donors (Lipinski definition) is 1. The molecule has 3 rings (SSSR count). The summed E-state index contributed by atoms with van der Waals surface area (Å²) in [5.74, 6) is -0.0227. The molecule has 132 valence electrons. The van der Waals surface area contributed by atoms with Crippen molar-refractivity contribution >= 4 is 5.91 Å². The van der Waals surface area contributed by atoms with E-state index in [0.717, 1.165) is 38.0 Å². The first kappa shape index (κ1) is 17.4. The Morgan fingerprint density at radius 3 is 2.62 bits per heavy atom. The Labute approximate surface area is 144 Å². The maximum atomic E-state index is 12.4. The van der Waals surface area contributed by atoms with Crippen LogP contribution < -0.4 is 0 Å². The lowest BCUT2D eigenvalue weighted by Gasteiger charge is -2.41. The lowest BCUT2D eigenvalue weighted by atomic mass is 9.92. The zero-order valence-electron chi connectivity index (χ0n) is 14.3. The SMILES string of the molecule is O=C(COCc1ccccc1)N1CCC[C@](O)(CN2CCCC2)C1. The predicted octanol–water partition coefficient (Wildman–Crippen LogP) is 1.65. The van der Waals surface area contributed by atoms with Gasteiger partial charge in [-0.25, -0.2) is 0 Å². The first-order chi connectivity index (χ1) is 11.6. The number of amides is 1. The average Bonchev–Trinajstić information content (AvgIpc) is 3.08. The van der Waals surface area contributed by atoms with Gasteiger partial charge in [-0.2, -0.15) is 0 Å². The third-order valence-electron chi connectivity index (χ3n) is 4.96. The summed E-state index contributed by atoms with van der Waals surface area (Å²) in [4.78, 5) is 16.5. The van der Waals surface area contributed by atoms with Gasteiger partial charge in [-0.1, -0.05) is 30.3 Å². The molecule has 1 N–H and O–H groups in total. The Kier molecular flexibility index (Phi) is 5.87. The van der Waals surface area contributed by atoms with Crippen molar-refractivity contribution < 1.29 is 14.6 Å². The molecule has 2 fully saturated rings. The van der Waals surface area contributed by atoms with E-state index in [4.69, 9.17) is 4.74 Å². The molecule has 2 aliphatic heterocycles. The van der Waals surface area contributed by atoms with E-state index in [1.807, 2.05) is 30.3 Å². The number of aliphatic hydroxyl groups is 1. The highest BCUT2D eigenvalue weighted by molar-refractivity contribution is 5.77. The van der Waals surface area contributed by atoms with Crippen LogP contribution >= 0.6 is 0 Å². The molecule has 0 aliphatic carbocycles. The summed E-state index contributed by atoms with van der Waals surface area (Å²) in [6.07, 6.45) is 4.06. The second kappa shape index (κ2) is 8.10. The van der Waals surface area contributed by atoms with Gasteiger partial charge in [0, 0.05) is 13.1 Å². The van der Waals surface area contributed by atoms with Crippen molar-refractivity contribution in [1.82, 2.24) is 9.80 Å². The molecule has 0 unspecified atom stereocenters. The normalized spacial score (nSPS) is 25.1. The van der Waals surface area contributed by atoms with Crippen LogP contribution in [-0.2, 0) is 16.1 Å². The Hall–Kier alpha value is -1.43. The number of rotatable bonds is 6. The quantitative estimate of drug-likeness (QED) is 0.861. The molecular formula is C19H28N2O3. The second-order valence-electron chi connectivity index (χ2n) is 7.10. The van der Waals surface area contributed by atoms with Crippen LogP contribution in [-0.4, -0.2) is 65.7 Å². The molecule has 1 atom stereocenters. The molecular weight excluding hydrogens is 304 g/mol. The fourth-order valence-electron chi connectivity index (χ4n) is 3.73. The molecule has 5 nitrogen and oxygen atoms in total. The van der Waals surface area contributed by atoms with Gasteiger partial charge in [-0.15, -0.1) is 0 Å².